The number of carbonyl (C=O) groups excluding carboxylic acids is 1. The van der Waals surface area contributed by atoms with E-state index < -0.39 is 38.9 Å². The third kappa shape index (κ3) is 4.39. The van der Waals surface area contributed by atoms with Crippen molar-refractivity contribution in [3.63, 3.8) is 0 Å². The third-order valence-corrected chi connectivity index (χ3v) is 6.65. The summed E-state index contributed by atoms with van der Waals surface area (Å²) in [5, 5.41) is 11.4. The Morgan fingerprint density at radius 2 is 2.00 bits per heavy atom. The molecule has 0 saturated heterocycles. The number of aromatic nitrogens is 1. The number of alkyl halides is 3. The lowest BCUT2D eigenvalue weighted by Gasteiger charge is -2.18. The lowest BCUT2D eigenvalue weighted by molar-refractivity contribution is -0.147. The molecular weight excluding hydrogens is 452 g/mol. The summed E-state index contributed by atoms with van der Waals surface area (Å²) < 4.78 is 81.0. The maximum atomic E-state index is 13.5. The summed E-state index contributed by atoms with van der Waals surface area (Å²) in [5.41, 5.74) is -0.214. The van der Waals surface area contributed by atoms with E-state index in [1.807, 2.05) is 0 Å². The van der Waals surface area contributed by atoms with Crippen LogP contribution >= 0.6 is 0 Å². The van der Waals surface area contributed by atoms with Crippen LogP contribution in [0.3, 0.4) is 0 Å². The zero-order chi connectivity index (χ0) is 23.8. The van der Waals surface area contributed by atoms with Gasteiger partial charge in [0.05, 0.1) is 11.3 Å². The maximum Gasteiger partial charge on any atom is 0.404 e. The van der Waals surface area contributed by atoms with E-state index in [0.717, 1.165) is 12.1 Å². The number of fused-ring (bicyclic) bond motifs is 1. The van der Waals surface area contributed by atoms with E-state index in [9.17, 15) is 30.8 Å². The normalized spacial score (nSPS) is 14.5. The summed E-state index contributed by atoms with van der Waals surface area (Å²) in [4.78, 5) is 12.6. The molecule has 0 bridgehead atoms. The molecule has 170 valence electrons. The topological polar surface area (TPSA) is 104 Å². The van der Waals surface area contributed by atoms with Crippen LogP contribution in [0.25, 0.3) is 6.08 Å². The first-order chi connectivity index (χ1) is 14.9. The van der Waals surface area contributed by atoms with Crippen molar-refractivity contribution in [1.29, 1.82) is 5.26 Å². The number of nitriles is 1. The van der Waals surface area contributed by atoms with Crippen molar-refractivity contribution in [3.8, 4) is 6.07 Å². The smallest absolute Gasteiger partial charge is 0.335 e. The van der Waals surface area contributed by atoms with Gasteiger partial charge in [-0.1, -0.05) is 6.08 Å². The van der Waals surface area contributed by atoms with Gasteiger partial charge in [0.2, 0.25) is 10.0 Å². The molecule has 2 aromatic rings. The van der Waals surface area contributed by atoms with Crippen LogP contribution in [-0.4, -0.2) is 31.1 Å². The SMILES string of the molecule is Cc1c(S(=O)(=O)NC(C)C(F)(F)F)c2n(c1C(=O)Nc1ccc(F)c(C#N)c1)CCC=C2. The highest BCUT2D eigenvalue weighted by Crippen LogP contribution is 2.32. The standard InChI is InChI=1S/C20H18F4N4O3S/c1-11-17(19(29)26-14-6-7-15(21)13(9-14)10-25)28-8-4-3-5-16(28)18(11)32(30,31)27-12(2)20(22,23)24/h3,5-7,9,12,27H,4,8H2,1-2H3,(H,26,29). The average Bonchev–Trinajstić information content (AvgIpc) is 3.00. The molecule has 1 unspecified atom stereocenters. The number of hydrogen-bond acceptors (Lipinski definition) is 4. The van der Waals surface area contributed by atoms with E-state index in [0.29, 0.717) is 13.3 Å². The molecule has 0 aliphatic carbocycles. The number of rotatable bonds is 5. The summed E-state index contributed by atoms with van der Waals surface area (Å²) >= 11 is 0. The fourth-order valence-corrected chi connectivity index (χ4v) is 5.08. The quantitative estimate of drug-likeness (QED) is 0.650. The zero-order valence-electron chi connectivity index (χ0n) is 16.9. The number of nitrogens with one attached hydrogen (secondary N) is 2. The number of halogens is 4. The third-order valence-electron chi connectivity index (χ3n) is 4.94. The van der Waals surface area contributed by atoms with Gasteiger partial charge < -0.3 is 9.88 Å². The van der Waals surface area contributed by atoms with E-state index in [-0.39, 0.29) is 34.7 Å². The molecule has 2 heterocycles. The first kappa shape index (κ1) is 23.5. The molecule has 0 spiro atoms. The molecule has 1 aromatic heterocycles. The number of nitrogens with zero attached hydrogens (tertiary/aromatic N) is 2. The molecular formula is C20H18F4N4O3S. The maximum absolute atomic E-state index is 13.5. The molecule has 32 heavy (non-hydrogen) atoms. The van der Waals surface area contributed by atoms with Crippen LogP contribution in [-0.2, 0) is 16.6 Å². The van der Waals surface area contributed by atoms with Crippen LogP contribution in [0.2, 0.25) is 0 Å². The lowest BCUT2D eigenvalue weighted by Crippen LogP contribution is -2.43. The Hall–Kier alpha value is -3.17. The Morgan fingerprint density at radius 1 is 1.31 bits per heavy atom. The van der Waals surface area contributed by atoms with Gasteiger partial charge in [-0.15, -0.1) is 0 Å². The zero-order valence-corrected chi connectivity index (χ0v) is 17.7. The van der Waals surface area contributed by atoms with Gasteiger partial charge in [0, 0.05) is 17.8 Å². The average molecular weight is 470 g/mol. The van der Waals surface area contributed by atoms with Crippen LogP contribution in [0, 0.1) is 24.1 Å². The minimum absolute atomic E-state index is 0.0338. The second kappa shape index (κ2) is 8.40. The highest BCUT2D eigenvalue weighted by Gasteiger charge is 2.41. The Balaban J connectivity index is 2.06. The van der Waals surface area contributed by atoms with Gasteiger partial charge in [0.25, 0.3) is 5.91 Å². The number of amides is 1. The molecule has 12 heteroatoms. The van der Waals surface area contributed by atoms with Gasteiger partial charge in [-0.25, -0.2) is 12.8 Å². The summed E-state index contributed by atoms with van der Waals surface area (Å²) in [6.45, 7) is 2.24. The summed E-state index contributed by atoms with van der Waals surface area (Å²) in [5.74, 6) is -1.52. The molecule has 2 N–H and O–H groups in total. The molecule has 1 aliphatic rings. The molecule has 1 atom stereocenters. The summed E-state index contributed by atoms with van der Waals surface area (Å²) in [6.07, 6.45) is -1.23. The van der Waals surface area contributed by atoms with Crippen molar-refractivity contribution in [2.24, 2.45) is 0 Å². The van der Waals surface area contributed by atoms with Crippen molar-refractivity contribution in [2.45, 2.75) is 43.9 Å². The molecule has 1 aromatic carbocycles. The second-order valence-corrected chi connectivity index (χ2v) is 8.83. The number of benzene rings is 1. The van der Waals surface area contributed by atoms with Crippen LogP contribution in [0.4, 0.5) is 23.2 Å². The van der Waals surface area contributed by atoms with Crippen molar-refractivity contribution >= 4 is 27.7 Å². The Bertz CT molecular complexity index is 1260. The van der Waals surface area contributed by atoms with Crippen LogP contribution in [0.1, 0.15) is 40.7 Å². The first-order valence-electron chi connectivity index (χ1n) is 9.36. The number of hydrogen-bond donors (Lipinski definition) is 2. The lowest BCUT2D eigenvalue weighted by atomic mass is 10.2. The van der Waals surface area contributed by atoms with Gasteiger partial charge in [-0.3, -0.25) is 4.79 Å². The molecule has 7 nitrogen and oxygen atoms in total. The van der Waals surface area contributed by atoms with E-state index in [4.69, 9.17) is 5.26 Å². The number of sulfonamides is 1. The predicted molar refractivity (Wildman–Crippen MR) is 108 cm³/mol. The number of anilines is 1. The number of carbonyl (C=O) groups is 1. The molecule has 0 fully saturated rings. The van der Waals surface area contributed by atoms with Gasteiger partial charge in [0.1, 0.15) is 28.5 Å². The molecule has 0 saturated carbocycles. The van der Waals surface area contributed by atoms with E-state index in [1.54, 1.807) is 16.9 Å². The number of allylic oxidation sites excluding steroid dienone is 1. The second-order valence-electron chi connectivity index (χ2n) is 7.18. The fourth-order valence-electron chi connectivity index (χ4n) is 3.41. The highest BCUT2D eigenvalue weighted by molar-refractivity contribution is 7.89. The largest absolute Gasteiger partial charge is 0.404 e. The van der Waals surface area contributed by atoms with Crippen LogP contribution < -0.4 is 10.0 Å². The minimum atomic E-state index is -4.79. The van der Waals surface area contributed by atoms with E-state index in [1.165, 1.54) is 23.6 Å². The van der Waals surface area contributed by atoms with Crippen molar-refractivity contribution in [3.05, 3.63) is 52.6 Å². The molecule has 0 radical (unpaired) electrons. The van der Waals surface area contributed by atoms with Gasteiger partial charge in [0.15, 0.2) is 0 Å². The van der Waals surface area contributed by atoms with Crippen molar-refractivity contribution < 1.29 is 30.8 Å². The Labute approximate surface area is 181 Å². The van der Waals surface area contributed by atoms with Crippen LogP contribution in [0.5, 0.6) is 0 Å². The van der Waals surface area contributed by atoms with Crippen molar-refractivity contribution in [1.82, 2.24) is 9.29 Å². The van der Waals surface area contributed by atoms with Gasteiger partial charge >= 0.3 is 6.18 Å². The fraction of sp³-hybridized carbons (Fsp3) is 0.300. The Kier molecular flexibility index (Phi) is 6.17. The van der Waals surface area contributed by atoms with Gasteiger partial charge in [-0.2, -0.15) is 23.2 Å². The summed E-state index contributed by atoms with van der Waals surface area (Å²) in [7, 11) is -4.63. The summed E-state index contributed by atoms with van der Waals surface area (Å²) in [6, 6.07) is 2.65. The molecule has 3 rings (SSSR count). The molecule has 1 aliphatic heterocycles. The predicted octanol–water partition coefficient (Wildman–Crippen LogP) is 3.71. The van der Waals surface area contributed by atoms with Crippen LogP contribution in [0.15, 0.2) is 29.2 Å². The molecule has 1 amide bonds. The van der Waals surface area contributed by atoms with E-state index >= 15 is 0 Å². The Morgan fingerprint density at radius 3 is 2.62 bits per heavy atom. The van der Waals surface area contributed by atoms with Gasteiger partial charge in [-0.05, 0) is 44.5 Å². The monoisotopic (exact) mass is 470 g/mol. The first-order valence-corrected chi connectivity index (χ1v) is 10.8. The highest BCUT2D eigenvalue weighted by atomic mass is 32.2. The minimum Gasteiger partial charge on any atom is -0.335 e. The van der Waals surface area contributed by atoms with E-state index in [2.05, 4.69) is 5.32 Å². The van der Waals surface area contributed by atoms with Crippen molar-refractivity contribution in [2.75, 3.05) is 5.32 Å².